The second kappa shape index (κ2) is 2.32. The summed E-state index contributed by atoms with van der Waals surface area (Å²) in [4.78, 5) is 7.47. The summed E-state index contributed by atoms with van der Waals surface area (Å²) in [5.74, 6) is 0. The lowest BCUT2D eigenvalue weighted by Gasteiger charge is -1.90. The summed E-state index contributed by atoms with van der Waals surface area (Å²) in [6.07, 6.45) is 1.41. The van der Waals surface area contributed by atoms with Gasteiger partial charge in [-0.05, 0) is 11.6 Å². The van der Waals surface area contributed by atoms with E-state index in [4.69, 9.17) is 24.6 Å². The van der Waals surface area contributed by atoms with Gasteiger partial charge in [-0.15, -0.1) is 0 Å². The number of nitrogens with zero attached hydrogens (tertiary/aromatic N) is 3. The third-order valence-corrected chi connectivity index (χ3v) is 1.65. The lowest BCUT2D eigenvalue weighted by Crippen LogP contribution is -1.83. The minimum Gasteiger partial charge on any atom is -0.283 e. The van der Waals surface area contributed by atoms with Gasteiger partial charge in [-0.1, -0.05) is 11.6 Å². The second-order valence-electron chi connectivity index (χ2n) is 1.87. The van der Waals surface area contributed by atoms with E-state index in [1.165, 1.54) is 6.20 Å². The maximum atomic E-state index is 7.13. The Kier molecular flexibility index (Phi) is 1.21. The van der Waals surface area contributed by atoms with Crippen molar-refractivity contribution in [2.24, 2.45) is 0 Å². The van der Waals surface area contributed by atoms with Crippen molar-refractivity contribution in [2.75, 3.05) is 0 Å². The van der Waals surface area contributed by atoms with E-state index in [0.29, 0.717) is 11.0 Å². The quantitative estimate of drug-likeness (QED) is 0.507. The van der Waals surface area contributed by atoms with Crippen LogP contribution >= 0.6 is 23.2 Å². The third kappa shape index (κ3) is 1.04. The van der Waals surface area contributed by atoms with Gasteiger partial charge in [0.1, 0.15) is 5.15 Å². The van der Waals surface area contributed by atoms with E-state index in [1.807, 2.05) is 0 Å². The van der Waals surface area contributed by atoms with Crippen molar-refractivity contribution in [3.63, 3.8) is 0 Å². The number of halogens is 2. The van der Waals surface area contributed by atoms with Crippen LogP contribution in [0.3, 0.4) is 0 Å². The van der Waals surface area contributed by atoms with Crippen LogP contribution in [0.2, 0.25) is 11.8 Å². The Morgan fingerprint density at radius 3 is 3.09 bits per heavy atom. The van der Waals surface area contributed by atoms with Crippen LogP contribution in [0.4, 0.5) is 0 Å². The number of fused-ring (bicyclic) bond motifs is 1. The highest BCUT2D eigenvalue weighted by Gasteiger charge is 2.04. The number of rotatable bonds is 0. The molecule has 0 aromatic carbocycles. The molecule has 2 heterocycles. The molecule has 2 aromatic heterocycles. The van der Waals surface area contributed by atoms with E-state index in [-0.39, 0.29) is 10.4 Å². The van der Waals surface area contributed by atoms with Gasteiger partial charge in [-0.3, -0.25) is 5.09 Å². The summed E-state index contributed by atoms with van der Waals surface area (Å²) in [7, 11) is 0. The fourth-order valence-electron chi connectivity index (χ4n) is 0.735. The molecule has 0 spiro atoms. The molecule has 2 rings (SSSR count). The number of hydrogen-bond donors (Lipinski definition) is 1. The van der Waals surface area contributed by atoms with Gasteiger partial charge in [0.2, 0.25) is 5.28 Å². The van der Waals surface area contributed by atoms with Gasteiger partial charge < -0.3 is 0 Å². The van der Waals surface area contributed by atoms with Crippen molar-refractivity contribution in [2.45, 2.75) is 0 Å². The summed E-state index contributed by atoms with van der Waals surface area (Å²) in [6, 6.07) is 0. The monoisotopic (exact) mass is 189 g/mol. The molecule has 0 amide bonds. The van der Waals surface area contributed by atoms with E-state index in [0.717, 1.165) is 5.09 Å². The Bertz CT molecular complexity index is 440. The molecule has 0 bridgehead atoms. The molecule has 4 nitrogen and oxygen atoms in total. The highest BCUT2D eigenvalue weighted by molar-refractivity contribution is 6.35. The average Bonchev–Trinajstić information content (AvgIpc) is 2.29. The molecular weight excluding hydrogens is 187 g/mol. The number of aromatic amines is 1. The first kappa shape index (κ1) is 5.74. The molecule has 0 atom stereocenters. The van der Waals surface area contributed by atoms with Crippen LogP contribution in [0.5, 0.6) is 0 Å². The minimum atomic E-state index is 0.0335. The Hall–Kier alpha value is -0.870. The zero-order valence-electron chi connectivity index (χ0n) is 6.12. The molecule has 0 radical (unpaired) electrons. The predicted molar refractivity (Wildman–Crippen MR) is 41.7 cm³/mol. The molecule has 1 N–H and O–H groups in total. The summed E-state index contributed by atoms with van der Waals surface area (Å²) in [5.41, 5.74) is 0.329. The zero-order chi connectivity index (χ0) is 8.72. The van der Waals surface area contributed by atoms with Gasteiger partial charge >= 0.3 is 0 Å². The summed E-state index contributed by atoms with van der Waals surface area (Å²) < 4.78 is 7.13. The first-order valence-corrected chi connectivity index (χ1v) is 3.50. The zero-order valence-corrected chi connectivity index (χ0v) is 6.63. The summed E-state index contributed by atoms with van der Waals surface area (Å²) >= 11 is 11.2. The van der Waals surface area contributed by atoms with Crippen LogP contribution in [0.15, 0.2) is 6.20 Å². The van der Waals surface area contributed by atoms with Gasteiger partial charge in [0, 0.05) is 6.20 Å². The Morgan fingerprint density at radius 1 is 1.45 bits per heavy atom. The van der Waals surface area contributed by atoms with E-state index < -0.39 is 0 Å². The molecule has 0 saturated heterocycles. The lowest BCUT2D eigenvalue weighted by atomic mass is 10.4. The smallest absolute Gasteiger partial charge is 0.225 e. The van der Waals surface area contributed by atoms with E-state index >= 15 is 0 Å². The van der Waals surface area contributed by atoms with Gasteiger partial charge in [-0.2, -0.15) is 10.1 Å². The van der Waals surface area contributed by atoms with Crippen LogP contribution in [-0.2, 0) is 0 Å². The Labute approximate surface area is 73.0 Å². The largest absolute Gasteiger partial charge is 0.283 e. The Balaban J connectivity index is 2.88. The number of H-pyrrole nitrogens is 1. The molecular formula is C5H2Cl2N4. The van der Waals surface area contributed by atoms with E-state index in [1.54, 1.807) is 0 Å². The molecule has 2 aromatic rings. The normalized spacial score (nSPS) is 12.0. The average molecular weight is 190 g/mol. The molecule has 0 aliphatic heterocycles. The molecule has 56 valence electrons. The first-order valence-electron chi connectivity index (χ1n) is 3.19. The molecule has 6 heteroatoms. The van der Waals surface area contributed by atoms with Crippen molar-refractivity contribution in [3.8, 4) is 0 Å². The van der Waals surface area contributed by atoms with Crippen LogP contribution in [0.1, 0.15) is 0 Å². The number of hydrogen-bond acceptors (Lipinski definition) is 3. The summed E-state index contributed by atoms with van der Waals surface area (Å²) in [5, 5.41) is 5.33. The van der Waals surface area contributed by atoms with E-state index in [2.05, 4.69) is 15.1 Å². The van der Waals surface area contributed by atoms with Crippen molar-refractivity contribution < 1.29 is 1.41 Å². The fraction of sp³-hybridized carbons (Fsp3) is 0. The molecule has 0 unspecified atom stereocenters. The van der Waals surface area contributed by atoms with Crippen LogP contribution in [0, 0.1) is 0 Å². The topological polar surface area (TPSA) is 54.5 Å². The molecule has 0 fully saturated rings. The third-order valence-electron chi connectivity index (χ3n) is 1.19. The molecule has 0 aliphatic rings. The van der Waals surface area contributed by atoms with Crippen LogP contribution < -0.4 is 0 Å². The number of nitrogens with one attached hydrogen (secondary N) is 1. The maximum absolute atomic E-state index is 7.13. The fourth-order valence-corrected chi connectivity index (χ4v) is 1.16. The van der Waals surface area contributed by atoms with Crippen LogP contribution in [0.25, 0.3) is 11.0 Å². The Morgan fingerprint density at radius 2 is 2.27 bits per heavy atom. The predicted octanol–water partition coefficient (Wildman–Crippen LogP) is 1.66. The number of aromatic nitrogens is 4. The maximum Gasteiger partial charge on any atom is 0.225 e. The SMILES string of the molecule is [2H]n1cc2c(Cl)nc(Cl)nc2n1. The highest BCUT2D eigenvalue weighted by Crippen LogP contribution is 2.18. The first-order chi connectivity index (χ1) is 5.66. The standard InChI is InChI=1S/C5H2Cl2N4/c6-3-2-1-8-11-4(2)10-5(7)9-3/h1H,(H,8,9,10,11)/i/hD. The van der Waals surface area contributed by atoms with Crippen molar-refractivity contribution in [3.05, 3.63) is 16.6 Å². The highest BCUT2D eigenvalue weighted by atomic mass is 35.5. The van der Waals surface area contributed by atoms with Crippen LogP contribution in [-0.4, -0.2) is 20.2 Å². The van der Waals surface area contributed by atoms with Gasteiger partial charge in [-0.25, -0.2) is 4.98 Å². The van der Waals surface area contributed by atoms with Crippen molar-refractivity contribution >= 4 is 34.2 Å². The van der Waals surface area contributed by atoms with Crippen molar-refractivity contribution in [1.29, 1.82) is 0 Å². The van der Waals surface area contributed by atoms with Gasteiger partial charge in [0.05, 0.1) is 5.39 Å². The van der Waals surface area contributed by atoms with Gasteiger partial charge in [0.15, 0.2) is 7.06 Å². The molecule has 0 aliphatic carbocycles. The molecule has 11 heavy (non-hydrogen) atoms. The van der Waals surface area contributed by atoms with Gasteiger partial charge in [0.25, 0.3) is 0 Å². The molecule has 0 saturated carbocycles. The van der Waals surface area contributed by atoms with Crippen molar-refractivity contribution in [1.82, 2.24) is 20.2 Å². The minimum absolute atomic E-state index is 0.0335. The lowest BCUT2D eigenvalue weighted by molar-refractivity contribution is 1.09. The summed E-state index contributed by atoms with van der Waals surface area (Å²) in [6.45, 7) is 0. The second-order valence-corrected chi connectivity index (χ2v) is 2.56. The van der Waals surface area contributed by atoms with E-state index in [9.17, 15) is 0 Å².